The lowest BCUT2D eigenvalue weighted by Gasteiger charge is -2.37. The van der Waals surface area contributed by atoms with Gasteiger partial charge in [0.2, 0.25) is 5.91 Å². The minimum atomic E-state index is -1.65. The number of anilines is 1. The lowest BCUT2D eigenvalue weighted by molar-refractivity contribution is -0.126. The van der Waals surface area contributed by atoms with Crippen molar-refractivity contribution in [2.75, 3.05) is 11.9 Å². The molecule has 2 rings (SSSR count). The van der Waals surface area contributed by atoms with Crippen LogP contribution in [0.25, 0.3) is 0 Å². The van der Waals surface area contributed by atoms with Crippen molar-refractivity contribution in [1.82, 2.24) is 5.32 Å². The molecule has 1 aliphatic heterocycles. The van der Waals surface area contributed by atoms with Crippen LogP contribution in [0.15, 0.2) is 35.4 Å². The van der Waals surface area contributed by atoms with Gasteiger partial charge in [-0.1, -0.05) is 18.1 Å². The number of oxime groups is 1. The standard InChI is InChI=1S/C15H19N3O7/c1-8(20)16-11-13(22)12(21)10(7-19)24-14(11)18-25-15(23)17-9-5-3-2-4-6-9/h2-6,10-13,19,21-22H,7H2,1H3,(H,16,20)(H,17,23)/b18-14+/t10-,11-,12-,13-/m1/s1/i2D,3D,4D,5D,6D. The minimum Gasteiger partial charge on any atom is -0.468 e. The van der Waals surface area contributed by atoms with Crippen LogP contribution < -0.4 is 10.6 Å². The highest BCUT2D eigenvalue weighted by Gasteiger charge is 2.44. The van der Waals surface area contributed by atoms with E-state index in [1.165, 1.54) is 0 Å². The second kappa shape index (κ2) is 8.42. The Kier molecular flexibility index (Phi) is 4.26. The minimum absolute atomic E-state index is 0.543. The molecule has 0 aromatic heterocycles. The van der Waals surface area contributed by atoms with Crippen molar-refractivity contribution in [3.63, 3.8) is 0 Å². The number of hydrogen-bond acceptors (Lipinski definition) is 8. The van der Waals surface area contributed by atoms with Crippen molar-refractivity contribution in [3.05, 3.63) is 30.2 Å². The number of aliphatic hydroxyl groups excluding tert-OH is 3. The second-order valence-electron chi connectivity index (χ2n) is 4.93. The zero-order valence-corrected chi connectivity index (χ0v) is 12.9. The maximum Gasteiger partial charge on any atom is 0.437 e. The van der Waals surface area contributed by atoms with Crippen LogP contribution in [0.3, 0.4) is 0 Å². The number of nitrogens with zero attached hydrogens (tertiary/aromatic N) is 1. The fourth-order valence-electron chi connectivity index (χ4n) is 1.97. The first-order valence-corrected chi connectivity index (χ1v) is 7.03. The number of hydrogen-bond donors (Lipinski definition) is 5. The molecular formula is C15H19N3O7. The second-order valence-corrected chi connectivity index (χ2v) is 4.93. The highest BCUT2D eigenvalue weighted by Crippen LogP contribution is 2.18. The molecule has 1 aromatic rings. The number of carbonyl (C=O) groups excluding carboxylic acids is 2. The molecule has 0 aliphatic carbocycles. The fourth-order valence-corrected chi connectivity index (χ4v) is 1.97. The Morgan fingerprint density at radius 2 is 2.00 bits per heavy atom. The molecule has 10 heteroatoms. The molecule has 1 aromatic carbocycles. The summed E-state index contributed by atoms with van der Waals surface area (Å²) in [7, 11) is 0. The third kappa shape index (κ3) is 4.89. The van der Waals surface area contributed by atoms with Gasteiger partial charge in [-0.15, -0.1) is 0 Å². The van der Waals surface area contributed by atoms with E-state index in [2.05, 4.69) is 15.3 Å². The molecule has 0 spiro atoms. The Balaban J connectivity index is 2.24. The molecule has 1 fully saturated rings. The van der Waals surface area contributed by atoms with Crippen LogP contribution in [0.2, 0.25) is 0 Å². The molecule has 1 heterocycles. The van der Waals surface area contributed by atoms with Gasteiger partial charge in [0.1, 0.15) is 18.2 Å². The molecule has 1 aliphatic rings. The largest absolute Gasteiger partial charge is 0.468 e. The molecular weight excluding hydrogens is 334 g/mol. The van der Waals surface area contributed by atoms with Gasteiger partial charge in [-0.25, -0.2) is 4.79 Å². The average molecular weight is 358 g/mol. The summed E-state index contributed by atoms with van der Waals surface area (Å²) in [6.07, 6.45) is -5.92. The normalized spacial score (nSPS) is 30.1. The molecule has 1 saturated heterocycles. The van der Waals surface area contributed by atoms with E-state index in [4.69, 9.17) is 11.6 Å². The molecule has 10 nitrogen and oxygen atoms in total. The van der Waals surface area contributed by atoms with E-state index in [1.807, 2.05) is 5.32 Å². The Hall–Kier alpha value is -2.69. The summed E-state index contributed by atoms with van der Waals surface area (Å²) in [6.45, 7) is 0.388. The third-order valence-corrected chi connectivity index (χ3v) is 3.09. The Bertz CT molecular complexity index is 856. The van der Waals surface area contributed by atoms with E-state index in [0.717, 1.165) is 6.92 Å². The van der Waals surface area contributed by atoms with Crippen LogP contribution >= 0.6 is 0 Å². The van der Waals surface area contributed by atoms with Crippen LogP contribution in [0.4, 0.5) is 10.5 Å². The Labute approximate surface area is 150 Å². The molecule has 136 valence electrons. The van der Waals surface area contributed by atoms with E-state index in [9.17, 15) is 24.9 Å². The number of para-hydroxylation sites is 1. The van der Waals surface area contributed by atoms with E-state index in [1.54, 1.807) is 0 Å². The lowest BCUT2D eigenvalue weighted by Crippen LogP contribution is -2.62. The SMILES string of the molecule is [2H]c1c([2H])c([2H])c(NC(=O)O/N=C2/O[C@H](CO)[C@@H](O)[C@H](O)[C@H]2NC(C)=O)c([2H])c1[2H]. The first-order chi connectivity index (χ1) is 14.0. The molecule has 25 heavy (non-hydrogen) atoms. The first-order valence-electron chi connectivity index (χ1n) is 9.53. The van der Waals surface area contributed by atoms with Gasteiger partial charge in [0.05, 0.1) is 13.5 Å². The van der Waals surface area contributed by atoms with Gasteiger partial charge in [0.25, 0.3) is 5.90 Å². The van der Waals surface area contributed by atoms with Crippen LogP contribution in [0, 0.1) is 0 Å². The van der Waals surface area contributed by atoms with E-state index < -0.39 is 84.8 Å². The van der Waals surface area contributed by atoms with Crippen molar-refractivity contribution in [1.29, 1.82) is 0 Å². The predicted octanol–water partition coefficient (Wildman–Crippen LogP) is -0.834. The smallest absolute Gasteiger partial charge is 0.437 e. The molecule has 0 bridgehead atoms. The zero-order valence-electron chi connectivity index (χ0n) is 17.9. The number of ether oxygens (including phenoxy) is 1. The number of carbonyl (C=O) groups is 2. The molecule has 5 N–H and O–H groups in total. The van der Waals surface area contributed by atoms with Crippen LogP contribution in [0.5, 0.6) is 0 Å². The van der Waals surface area contributed by atoms with Gasteiger partial charge in [-0.3, -0.25) is 14.9 Å². The molecule has 4 atom stereocenters. The van der Waals surface area contributed by atoms with Crippen LogP contribution in [0.1, 0.15) is 13.8 Å². The van der Waals surface area contributed by atoms with Crippen molar-refractivity contribution in [2.24, 2.45) is 5.16 Å². The Morgan fingerprint density at radius 1 is 1.32 bits per heavy atom. The Morgan fingerprint density at radius 3 is 2.60 bits per heavy atom. The number of nitrogens with one attached hydrogen (secondary N) is 2. The van der Waals surface area contributed by atoms with Gasteiger partial charge < -0.3 is 25.4 Å². The fraction of sp³-hybridized carbons (Fsp3) is 0.400. The summed E-state index contributed by atoms with van der Waals surface area (Å²) in [4.78, 5) is 27.9. The first kappa shape index (κ1) is 12.6. The number of rotatable bonds is 4. The van der Waals surface area contributed by atoms with Crippen LogP contribution in [-0.2, 0) is 14.4 Å². The maximum atomic E-state index is 12.0. The van der Waals surface area contributed by atoms with Gasteiger partial charge in [0, 0.05) is 12.6 Å². The van der Waals surface area contributed by atoms with Crippen molar-refractivity contribution in [3.8, 4) is 0 Å². The maximum absolute atomic E-state index is 12.0. The summed E-state index contributed by atoms with van der Waals surface area (Å²) >= 11 is 0. The summed E-state index contributed by atoms with van der Waals surface area (Å²) in [5.74, 6) is -1.17. The molecule has 0 radical (unpaired) electrons. The summed E-state index contributed by atoms with van der Waals surface area (Å²) in [5.41, 5.74) is -0.558. The van der Waals surface area contributed by atoms with Crippen molar-refractivity contribution < 1.29 is 41.3 Å². The van der Waals surface area contributed by atoms with Gasteiger partial charge in [0.15, 0.2) is 6.10 Å². The zero-order chi connectivity index (χ0) is 22.7. The van der Waals surface area contributed by atoms with E-state index in [-0.39, 0.29) is 0 Å². The monoisotopic (exact) mass is 358 g/mol. The summed E-state index contributed by atoms with van der Waals surface area (Å²) in [6, 6.07) is -4.79. The number of amides is 2. The average Bonchev–Trinajstić information content (AvgIpc) is 2.70. The van der Waals surface area contributed by atoms with Gasteiger partial charge >= 0.3 is 6.09 Å². The van der Waals surface area contributed by atoms with Crippen LogP contribution in [-0.4, -0.2) is 64.2 Å². The summed E-state index contributed by atoms with van der Waals surface area (Å²) < 4.78 is 43.2. The highest BCUT2D eigenvalue weighted by molar-refractivity contribution is 5.89. The molecule has 0 saturated carbocycles. The third-order valence-electron chi connectivity index (χ3n) is 3.09. The van der Waals surface area contributed by atoms with E-state index in [0.29, 0.717) is 0 Å². The number of benzene rings is 1. The lowest BCUT2D eigenvalue weighted by atomic mass is 9.97. The number of aliphatic hydroxyl groups is 3. The molecule has 2 amide bonds. The van der Waals surface area contributed by atoms with Gasteiger partial charge in [-0.05, 0) is 17.2 Å². The van der Waals surface area contributed by atoms with Crippen molar-refractivity contribution in [2.45, 2.75) is 31.3 Å². The predicted molar refractivity (Wildman–Crippen MR) is 85.6 cm³/mol. The molecule has 0 unspecified atom stereocenters. The quantitative estimate of drug-likeness (QED) is 0.348. The topological polar surface area (TPSA) is 150 Å². The highest BCUT2D eigenvalue weighted by atomic mass is 16.7. The van der Waals surface area contributed by atoms with E-state index >= 15 is 0 Å². The van der Waals surface area contributed by atoms with Gasteiger partial charge in [-0.2, -0.15) is 0 Å². The summed E-state index contributed by atoms with van der Waals surface area (Å²) in [5, 5.41) is 36.8. The van der Waals surface area contributed by atoms with Crippen molar-refractivity contribution >= 4 is 23.6 Å².